The van der Waals surface area contributed by atoms with Gasteiger partial charge in [0, 0.05) is 32.4 Å². The number of hydrogen-bond acceptors (Lipinski definition) is 4. The maximum absolute atomic E-state index is 12.7. The van der Waals surface area contributed by atoms with Crippen LogP contribution in [0, 0.1) is 5.92 Å². The summed E-state index contributed by atoms with van der Waals surface area (Å²) in [5.74, 6) is -0.247. The average Bonchev–Trinajstić information content (AvgIpc) is 3.02. The molecular formula is C13H20N4O3S. The normalized spacial score (nSPS) is 26.7. The number of carbonyl (C=O) groups excluding carboxylic acids is 1. The van der Waals surface area contributed by atoms with Gasteiger partial charge in [0.1, 0.15) is 10.6 Å². The fraction of sp³-hybridized carbons (Fsp3) is 0.615. The molecule has 2 aliphatic rings. The molecule has 0 saturated carbocycles. The van der Waals surface area contributed by atoms with Gasteiger partial charge >= 0.3 is 0 Å². The van der Waals surface area contributed by atoms with E-state index in [0.717, 1.165) is 19.4 Å². The monoisotopic (exact) mass is 312 g/mol. The van der Waals surface area contributed by atoms with Crippen molar-refractivity contribution in [2.45, 2.75) is 23.8 Å². The molecule has 2 atom stereocenters. The number of primary amides is 1. The molecule has 0 aromatic carbocycles. The van der Waals surface area contributed by atoms with E-state index in [1.165, 1.54) is 21.1 Å². The van der Waals surface area contributed by atoms with Crippen molar-refractivity contribution in [2.75, 3.05) is 19.6 Å². The van der Waals surface area contributed by atoms with Gasteiger partial charge in [-0.1, -0.05) is 0 Å². The summed E-state index contributed by atoms with van der Waals surface area (Å²) in [7, 11) is -1.95. The molecule has 3 rings (SSSR count). The van der Waals surface area contributed by atoms with Crippen molar-refractivity contribution in [1.29, 1.82) is 0 Å². The maximum atomic E-state index is 12.7. The quantitative estimate of drug-likeness (QED) is 0.786. The number of aromatic nitrogens is 1. The van der Waals surface area contributed by atoms with E-state index in [1.54, 1.807) is 7.05 Å². The first kappa shape index (κ1) is 14.6. The molecule has 7 nitrogen and oxygen atoms in total. The highest BCUT2D eigenvalue weighted by atomic mass is 32.2. The standard InChI is InChI=1S/C13H20N4O3S/c1-16-7-10(5-12(16)13(14)18)21(19,20)17-6-9-3-2-4-15-11(9)8-17/h5,7,9,11,15H,2-4,6,8H2,1H3,(H2,14,18)/t9-,11+/m0/s1. The number of aryl methyl sites for hydroxylation is 1. The van der Waals surface area contributed by atoms with Gasteiger partial charge in [0.05, 0.1) is 0 Å². The second-order valence-electron chi connectivity index (χ2n) is 5.82. The lowest BCUT2D eigenvalue weighted by Gasteiger charge is -2.24. The molecule has 0 radical (unpaired) electrons. The largest absolute Gasteiger partial charge is 0.364 e. The minimum atomic E-state index is -3.57. The highest BCUT2D eigenvalue weighted by Gasteiger charge is 2.40. The molecule has 116 valence electrons. The molecule has 2 fully saturated rings. The molecule has 1 aromatic heterocycles. The molecule has 2 saturated heterocycles. The Morgan fingerprint density at radius 3 is 2.81 bits per heavy atom. The number of hydrogen-bond donors (Lipinski definition) is 2. The van der Waals surface area contributed by atoms with E-state index < -0.39 is 15.9 Å². The Labute approximate surface area is 124 Å². The highest BCUT2D eigenvalue weighted by Crippen LogP contribution is 2.29. The average molecular weight is 312 g/mol. The van der Waals surface area contributed by atoms with Crippen molar-refractivity contribution in [3.63, 3.8) is 0 Å². The second kappa shape index (κ2) is 5.11. The Kier molecular flexibility index (Phi) is 3.54. The van der Waals surface area contributed by atoms with Crippen LogP contribution in [-0.4, -0.2) is 48.9 Å². The number of amides is 1. The van der Waals surface area contributed by atoms with Crippen LogP contribution in [-0.2, 0) is 17.1 Å². The van der Waals surface area contributed by atoms with E-state index in [-0.39, 0.29) is 16.6 Å². The van der Waals surface area contributed by atoms with Crippen LogP contribution >= 0.6 is 0 Å². The van der Waals surface area contributed by atoms with Crippen molar-refractivity contribution in [3.05, 3.63) is 18.0 Å². The molecule has 0 unspecified atom stereocenters. The van der Waals surface area contributed by atoms with Gasteiger partial charge in [0.2, 0.25) is 10.0 Å². The van der Waals surface area contributed by atoms with E-state index in [0.29, 0.717) is 19.0 Å². The molecule has 3 N–H and O–H groups in total. The first-order valence-corrected chi connectivity index (χ1v) is 8.53. The summed E-state index contributed by atoms with van der Waals surface area (Å²) >= 11 is 0. The van der Waals surface area contributed by atoms with Gasteiger partial charge in [-0.3, -0.25) is 4.79 Å². The number of rotatable bonds is 3. The lowest BCUT2D eigenvalue weighted by molar-refractivity contribution is 0.0992. The first-order valence-electron chi connectivity index (χ1n) is 7.09. The zero-order chi connectivity index (χ0) is 15.2. The number of nitrogens with one attached hydrogen (secondary N) is 1. The lowest BCUT2D eigenvalue weighted by atomic mass is 9.94. The third-order valence-corrected chi connectivity index (χ3v) is 6.23. The SMILES string of the molecule is Cn1cc(S(=O)(=O)N2C[C@@H]3CCCN[C@@H]3C2)cc1C(N)=O. The molecule has 21 heavy (non-hydrogen) atoms. The summed E-state index contributed by atoms with van der Waals surface area (Å²) in [6.45, 7) is 1.99. The minimum absolute atomic E-state index is 0.137. The van der Waals surface area contributed by atoms with Crippen LogP contribution in [0.1, 0.15) is 23.3 Å². The van der Waals surface area contributed by atoms with Gasteiger partial charge in [-0.05, 0) is 31.4 Å². The lowest BCUT2D eigenvalue weighted by Crippen LogP contribution is -2.41. The van der Waals surface area contributed by atoms with Crippen LogP contribution in [0.4, 0.5) is 0 Å². The molecular weight excluding hydrogens is 292 g/mol. The number of nitrogens with two attached hydrogens (primary N) is 1. The summed E-state index contributed by atoms with van der Waals surface area (Å²) in [6.07, 6.45) is 3.60. The van der Waals surface area contributed by atoms with Gasteiger partial charge in [0.15, 0.2) is 0 Å². The van der Waals surface area contributed by atoms with E-state index in [1.807, 2.05) is 0 Å². The molecule has 1 amide bonds. The van der Waals surface area contributed by atoms with Crippen LogP contribution < -0.4 is 11.1 Å². The van der Waals surface area contributed by atoms with E-state index >= 15 is 0 Å². The number of carbonyl (C=O) groups is 1. The predicted octanol–water partition coefficient (Wildman–Crippen LogP) is -0.503. The molecule has 0 spiro atoms. The van der Waals surface area contributed by atoms with Crippen LogP contribution in [0.15, 0.2) is 17.2 Å². The molecule has 0 bridgehead atoms. The summed E-state index contributed by atoms with van der Waals surface area (Å²) in [4.78, 5) is 11.4. The predicted molar refractivity (Wildman–Crippen MR) is 77.2 cm³/mol. The molecule has 0 aliphatic carbocycles. The third kappa shape index (κ3) is 2.47. The molecule has 2 aliphatic heterocycles. The Hall–Kier alpha value is -1.38. The summed E-state index contributed by atoms with van der Waals surface area (Å²) < 4.78 is 28.4. The van der Waals surface area contributed by atoms with Crippen LogP contribution in [0.3, 0.4) is 0 Å². The smallest absolute Gasteiger partial charge is 0.265 e. The maximum Gasteiger partial charge on any atom is 0.265 e. The Bertz CT molecular complexity index is 653. The molecule has 8 heteroatoms. The third-order valence-electron chi connectivity index (χ3n) is 4.44. The van der Waals surface area contributed by atoms with E-state index in [2.05, 4.69) is 5.32 Å². The minimum Gasteiger partial charge on any atom is -0.364 e. The number of piperidine rings is 1. The molecule has 3 heterocycles. The second-order valence-corrected chi connectivity index (χ2v) is 7.76. The van der Waals surface area contributed by atoms with Gasteiger partial charge in [-0.25, -0.2) is 8.42 Å². The van der Waals surface area contributed by atoms with E-state index in [9.17, 15) is 13.2 Å². The Morgan fingerprint density at radius 2 is 2.19 bits per heavy atom. The van der Waals surface area contributed by atoms with Crippen LogP contribution in [0.2, 0.25) is 0 Å². The van der Waals surface area contributed by atoms with E-state index in [4.69, 9.17) is 5.73 Å². The van der Waals surface area contributed by atoms with Crippen molar-refractivity contribution in [1.82, 2.24) is 14.2 Å². The zero-order valence-corrected chi connectivity index (χ0v) is 12.8. The Balaban J connectivity index is 1.87. The van der Waals surface area contributed by atoms with Gasteiger partial charge < -0.3 is 15.6 Å². The molecule has 1 aromatic rings. The summed E-state index contributed by atoms with van der Waals surface area (Å²) in [5.41, 5.74) is 5.44. The number of nitrogens with zero attached hydrogens (tertiary/aromatic N) is 2. The summed E-state index contributed by atoms with van der Waals surface area (Å²) in [5, 5.41) is 3.38. The van der Waals surface area contributed by atoms with Crippen molar-refractivity contribution in [3.8, 4) is 0 Å². The topological polar surface area (TPSA) is 97.4 Å². The fourth-order valence-electron chi connectivity index (χ4n) is 3.27. The Morgan fingerprint density at radius 1 is 1.43 bits per heavy atom. The fourth-order valence-corrected chi connectivity index (χ4v) is 4.87. The van der Waals surface area contributed by atoms with Gasteiger partial charge in [0.25, 0.3) is 5.91 Å². The first-order chi connectivity index (χ1) is 9.89. The highest BCUT2D eigenvalue weighted by molar-refractivity contribution is 7.89. The number of fused-ring (bicyclic) bond motifs is 1. The van der Waals surface area contributed by atoms with Crippen molar-refractivity contribution < 1.29 is 13.2 Å². The zero-order valence-electron chi connectivity index (χ0n) is 11.9. The number of sulfonamides is 1. The van der Waals surface area contributed by atoms with Crippen LogP contribution in [0.5, 0.6) is 0 Å². The van der Waals surface area contributed by atoms with Gasteiger partial charge in [-0.2, -0.15) is 4.31 Å². The van der Waals surface area contributed by atoms with Crippen molar-refractivity contribution in [2.24, 2.45) is 18.7 Å². The van der Waals surface area contributed by atoms with Crippen LogP contribution in [0.25, 0.3) is 0 Å². The van der Waals surface area contributed by atoms with Crippen molar-refractivity contribution >= 4 is 15.9 Å². The summed E-state index contributed by atoms with van der Waals surface area (Å²) in [6, 6.07) is 1.60. The van der Waals surface area contributed by atoms with Gasteiger partial charge in [-0.15, -0.1) is 0 Å².